The molecule has 0 bridgehead atoms. The van der Waals surface area contributed by atoms with E-state index >= 15 is 0 Å². The normalized spacial score (nSPS) is 17.5. The van der Waals surface area contributed by atoms with Crippen molar-refractivity contribution in [2.24, 2.45) is 0 Å². The summed E-state index contributed by atoms with van der Waals surface area (Å²) < 4.78 is 0. The molecule has 0 aromatic rings. The van der Waals surface area contributed by atoms with Crippen LogP contribution >= 0.6 is 0 Å². The first-order valence-corrected chi connectivity index (χ1v) is 3.94. The molecule has 1 aliphatic rings. The average molecular weight is 171 g/mol. The van der Waals surface area contributed by atoms with Crippen molar-refractivity contribution in [1.29, 1.82) is 0 Å². The second-order valence-electron chi connectivity index (χ2n) is 2.69. The Labute approximate surface area is 71.4 Å². The molecule has 0 aromatic heterocycles. The van der Waals surface area contributed by atoms with Crippen LogP contribution < -0.4 is 0 Å². The van der Waals surface area contributed by atoms with Gasteiger partial charge < -0.3 is 5.11 Å². The summed E-state index contributed by atoms with van der Waals surface area (Å²) in [6.07, 6.45) is 2.52. The molecule has 0 saturated heterocycles. The first-order chi connectivity index (χ1) is 5.74. The highest BCUT2D eigenvalue weighted by Gasteiger charge is 2.14. The molecule has 1 rings (SSSR count). The molecule has 1 aliphatic heterocycles. The van der Waals surface area contributed by atoms with Crippen LogP contribution in [0.25, 0.3) is 0 Å². The third-order valence-corrected chi connectivity index (χ3v) is 1.73. The van der Waals surface area contributed by atoms with Crippen molar-refractivity contribution >= 4 is 5.91 Å². The van der Waals surface area contributed by atoms with Gasteiger partial charge >= 0.3 is 0 Å². The van der Waals surface area contributed by atoms with Crippen molar-refractivity contribution in [2.45, 2.75) is 13.3 Å². The zero-order chi connectivity index (χ0) is 8.97. The molecule has 4 heteroatoms. The van der Waals surface area contributed by atoms with E-state index in [0.717, 1.165) is 5.57 Å². The van der Waals surface area contributed by atoms with Gasteiger partial charge in [-0.25, -0.2) is 5.06 Å². The van der Waals surface area contributed by atoms with Crippen LogP contribution in [-0.4, -0.2) is 35.8 Å². The van der Waals surface area contributed by atoms with Crippen molar-refractivity contribution < 1.29 is 14.7 Å². The van der Waals surface area contributed by atoms with Crippen LogP contribution in [0.3, 0.4) is 0 Å². The minimum absolute atomic E-state index is 0.0986. The Bertz CT molecular complexity index is 200. The monoisotopic (exact) mass is 171 g/mol. The van der Waals surface area contributed by atoms with Crippen molar-refractivity contribution in [3.63, 3.8) is 0 Å². The third-order valence-electron chi connectivity index (χ3n) is 1.73. The van der Waals surface area contributed by atoms with Crippen molar-refractivity contribution in [3.05, 3.63) is 11.6 Å². The Morgan fingerprint density at radius 2 is 2.58 bits per heavy atom. The minimum atomic E-state index is -0.0986. The van der Waals surface area contributed by atoms with E-state index in [0.29, 0.717) is 19.6 Å². The molecule has 12 heavy (non-hydrogen) atoms. The van der Waals surface area contributed by atoms with Crippen LogP contribution in [0, 0.1) is 0 Å². The molecule has 1 N–H and O–H groups in total. The lowest BCUT2D eigenvalue weighted by Crippen LogP contribution is -2.34. The van der Waals surface area contributed by atoms with Gasteiger partial charge in [0.15, 0.2) is 0 Å². The van der Waals surface area contributed by atoms with Gasteiger partial charge in [-0.3, -0.25) is 9.63 Å². The Morgan fingerprint density at radius 3 is 3.17 bits per heavy atom. The Hall–Kier alpha value is -0.870. The van der Waals surface area contributed by atoms with E-state index in [4.69, 9.17) is 9.94 Å². The van der Waals surface area contributed by atoms with E-state index in [1.165, 1.54) is 12.0 Å². The van der Waals surface area contributed by atoms with Crippen molar-refractivity contribution in [1.82, 2.24) is 5.06 Å². The number of amides is 1. The molecule has 68 valence electrons. The average Bonchev–Trinajstić information content (AvgIpc) is 2.05. The van der Waals surface area contributed by atoms with Crippen LogP contribution in [0.4, 0.5) is 0 Å². The topological polar surface area (TPSA) is 49.8 Å². The molecule has 1 heterocycles. The van der Waals surface area contributed by atoms with Gasteiger partial charge in [-0.2, -0.15) is 0 Å². The minimum Gasteiger partial charge on any atom is -0.396 e. The molecule has 0 fully saturated rings. The number of hydrogen-bond acceptors (Lipinski definition) is 3. The van der Waals surface area contributed by atoms with Gasteiger partial charge in [-0.1, -0.05) is 6.08 Å². The summed E-state index contributed by atoms with van der Waals surface area (Å²) in [4.78, 5) is 15.9. The van der Waals surface area contributed by atoms with Crippen LogP contribution in [0.15, 0.2) is 11.6 Å². The smallest absolute Gasteiger partial charge is 0.243 e. The molecule has 0 radical (unpaired) electrons. The molecule has 0 aromatic carbocycles. The molecule has 0 atom stereocenters. The van der Waals surface area contributed by atoms with Gasteiger partial charge in [0.25, 0.3) is 0 Å². The van der Waals surface area contributed by atoms with Crippen LogP contribution in [-0.2, 0) is 9.63 Å². The number of aliphatic hydroxyl groups excluding tert-OH is 1. The van der Waals surface area contributed by atoms with Crippen LogP contribution in [0.2, 0.25) is 0 Å². The Balaban J connectivity index is 2.47. The van der Waals surface area contributed by atoms with Gasteiger partial charge in [-0.15, -0.1) is 0 Å². The fraction of sp³-hybridized carbons (Fsp3) is 0.625. The molecule has 4 nitrogen and oxygen atoms in total. The van der Waals surface area contributed by atoms with E-state index in [1.807, 2.05) is 6.08 Å². The lowest BCUT2D eigenvalue weighted by atomic mass is 10.1. The summed E-state index contributed by atoms with van der Waals surface area (Å²) in [7, 11) is 0. The number of nitrogens with zero attached hydrogens (tertiary/aromatic N) is 1. The zero-order valence-electron chi connectivity index (χ0n) is 7.12. The number of rotatable bonds is 2. The van der Waals surface area contributed by atoms with E-state index in [2.05, 4.69) is 0 Å². The van der Waals surface area contributed by atoms with Gasteiger partial charge in [-0.05, 0) is 12.0 Å². The summed E-state index contributed by atoms with van der Waals surface area (Å²) in [6, 6.07) is 0. The largest absolute Gasteiger partial charge is 0.396 e. The number of aliphatic hydroxyl groups is 1. The predicted octanol–water partition coefficient (Wildman–Crippen LogP) is 0.0889. The fourth-order valence-electron chi connectivity index (χ4n) is 1.07. The van der Waals surface area contributed by atoms with Gasteiger partial charge in [0, 0.05) is 13.5 Å². The SMILES string of the molecule is CC(=O)N1CC(CCO)=CCO1. The lowest BCUT2D eigenvalue weighted by molar-refractivity contribution is -0.180. The molecular weight excluding hydrogens is 158 g/mol. The third kappa shape index (κ3) is 2.32. The summed E-state index contributed by atoms with van der Waals surface area (Å²) >= 11 is 0. The maximum atomic E-state index is 10.9. The second-order valence-corrected chi connectivity index (χ2v) is 2.69. The van der Waals surface area contributed by atoms with Gasteiger partial charge in [0.1, 0.15) is 0 Å². The number of carbonyl (C=O) groups is 1. The molecule has 0 unspecified atom stereocenters. The van der Waals surface area contributed by atoms with Crippen molar-refractivity contribution in [2.75, 3.05) is 19.8 Å². The molecule has 0 spiro atoms. The highest BCUT2D eigenvalue weighted by atomic mass is 16.7. The zero-order valence-corrected chi connectivity index (χ0v) is 7.12. The van der Waals surface area contributed by atoms with E-state index in [9.17, 15) is 4.79 Å². The number of hydrogen-bond donors (Lipinski definition) is 1. The van der Waals surface area contributed by atoms with E-state index in [1.54, 1.807) is 0 Å². The first kappa shape index (κ1) is 9.22. The summed E-state index contributed by atoms with van der Waals surface area (Å²) in [5.74, 6) is -0.0986. The Kier molecular flexibility index (Phi) is 3.25. The van der Waals surface area contributed by atoms with Crippen LogP contribution in [0.5, 0.6) is 0 Å². The van der Waals surface area contributed by atoms with Gasteiger partial charge in [0.2, 0.25) is 5.91 Å². The maximum absolute atomic E-state index is 10.9. The fourth-order valence-corrected chi connectivity index (χ4v) is 1.07. The number of carbonyl (C=O) groups excluding carboxylic acids is 1. The standard InChI is InChI=1S/C8H13NO3/c1-7(11)9-6-8(2-4-10)3-5-12-9/h3,10H,2,4-6H2,1H3. The maximum Gasteiger partial charge on any atom is 0.243 e. The molecular formula is C8H13NO3. The predicted molar refractivity (Wildman–Crippen MR) is 43.1 cm³/mol. The summed E-state index contributed by atoms with van der Waals surface area (Å²) in [5, 5.41) is 9.97. The van der Waals surface area contributed by atoms with E-state index in [-0.39, 0.29) is 12.5 Å². The first-order valence-electron chi connectivity index (χ1n) is 3.94. The highest BCUT2D eigenvalue weighted by molar-refractivity contribution is 5.72. The lowest BCUT2D eigenvalue weighted by Gasteiger charge is -2.25. The molecule has 0 saturated carbocycles. The summed E-state index contributed by atoms with van der Waals surface area (Å²) in [6.45, 7) is 2.49. The molecule has 1 amide bonds. The van der Waals surface area contributed by atoms with Gasteiger partial charge in [0.05, 0.1) is 13.2 Å². The Morgan fingerprint density at radius 1 is 1.83 bits per heavy atom. The quantitative estimate of drug-likeness (QED) is 0.599. The van der Waals surface area contributed by atoms with Crippen LogP contribution in [0.1, 0.15) is 13.3 Å². The second kappa shape index (κ2) is 4.23. The molecule has 0 aliphatic carbocycles. The number of hydroxylamine groups is 2. The van der Waals surface area contributed by atoms with E-state index < -0.39 is 0 Å². The summed E-state index contributed by atoms with van der Waals surface area (Å²) in [5.41, 5.74) is 1.05. The highest BCUT2D eigenvalue weighted by Crippen LogP contribution is 2.10. The van der Waals surface area contributed by atoms with Crippen molar-refractivity contribution in [3.8, 4) is 0 Å².